The maximum Gasteiger partial charge on any atom is 0.323 e. The van der Waals surface area contributed by atoms with Crippen molar-refractivity contribution in [1.29, 1.82) is 0 Å². The molecule has 9 nitrogen and oxygen atoms in total. The molecule has 54 heavy (non-hydrogen) atoms. The highest BCUT2D eigenvalue weighted by Gasteiger charge is 2.30. The normalized spacial score (nSPS) is 18.9. The van der Waals surface area contributed by atoms with E-state index in [1.165, 1.54) is 49.0 Å². The maximum absolute atomic E-state index is 14.0. The zero-order valence-electron chi connectivity index (χ0n) is 31.5. The third-order valence-electron chi connectivity index (χ3n) is 11.3. The minimum Gasteiger partial charge on any atom is -0.497 e. The van der Waals surface area contributed by atoms with Crippen LogP contribution >= 0.6 is 0 Å². The quantitative estimate of drug-likeness (QED) is 0.128. The van der Waals surface area contributed by atoms with Gasteiger partial charge in [0.05, 0.1) is 13.5 Å². The van der Waals surface area contributed by atoms with E-state index >= 15 is 0 Å². The summed E-state index contributed by atoms with van der Waals surface area (Å²) in [6.07, 6.45) is 16.8. The molecule has 1 fully saturated rings. The van der Waals surface area contributed by atoms with Crippen molar-refractivity contribution < 1.29 is 24.2 Å². The summed E-state index contributed by atoms with van der Waals surface area (Å²) >= 11 is 0. The number of carbonyl (C=O) groups excluding carboxylic acids is 2. The van der Waals surface area contributed by atoms with Crippen molar-refractivity contribution in [3.63, 3.8) is 0 Å². The molecule has 2 aliphatic rings. The largest absolute Gasteiger partial charge is 0.497 e. The lowest BCUT2D eigenvalue weighted by atomic mass is 9.71. The lowest BCUT2D eigenvalue weighted by Gasteiger charge is -2.35. The van der Waals surface area contributed by atoms with Crippen LogP contribution in [0.1, 0.15) is 80.5 Å². The van der Waals surface area contributed by atoms with Gasteiger partial charge in [0.1, 0.15) is 18.3 Å². The molecule has 3 aromatic carbocycles. The Balaban J connectivity index is 1.10. The molecule has 4 aromatic rings. The zero-order chi connectivity index (χ0) is 37.9. The molecule has 1 unspecified atom stereocenters. The Morgan fingerprint density at radius 2 is 1.52 bits per heavy atom. The summed E-state index contributed by atoms with van der Waals surface area (Å²) in [5.74, 6) is 1.93. The Morgan fingerprint density at radius 1 is 0.833 bits per heavy atom. The van der Waals surface area contributed by atoms with Crippen LogP contribution in [0.5, 0.6) is 5.75 Å². The van der Waals surface area contributed by atoms with E-state index in [4.69, 9.17) is 14.7 Å². The Bertz CT molecular complexity index is 1870. The van der Waals surface area contributed by atoms with Gasteiger partial charge in [-0.25, -0.2) is 9.97 Å². The second-order valence-corrected chi connectivity index (χ2v) is 14.9. The van der Waals surface area contributed by atoms with Crippen molar-refractivity contribution >= 4 is 23.4 Å². The van der Waals surface area contributed by atoms with Crippen molar-refractivity contribution in [1.82, 2.24) is 20.2 Å². The average molecular weight is 729 g/mol. The van der Waals surface area contributed by atoms with Gasteiger partial charge in [0.15, 0.2) is 5.82 Å². The van der Waals surface area contributed by atoms with Crippen molar-refractivity contribution in [3.05, 3.63) is 120 Å². The van der Waals surface area contributed by atoms with Gasteiger partial charge in [-0.3, -0.25) is 14.4 Å². The Labute approximate surface area is 318 Å². The minimum absolute atomic E-state index is 0.0556. The third-order valence-corrected chi connectivity index (χ3v) is 11.3. The molecular weight excluding hydrogens is 677 g/mol. The predicted molar refractivity (Wildman–Crippen MR) is 210 cm³/mol. The first-order chi connectivity index (χ1) is 26.3. The van der Waals surface area contributed by atoms with Crippen LogP contribution in [0.3, 0.4) is 0 Å². The molecule has 2 amide bonds. The van der Waals surface area contributed by atoms with Crippen LogP contribution in [0.25, 0.3) is 17.0 Å². The number of aromatic nitrogens is 2. The molecule has 2 aliphatic carbocycles. The van der Waals surface area contributed by atoms with Gasteiger partial charge in [-0.2, -0.15) is 0 Å². The summed E-state index contributed by atoms with van der Waals surface area (Å²) in [6, 6.07) is 23.1. The van der Waals surface area contributed by atoms with E-state index in [2.05, 4.69) is 18.3 Å². The summed E-state index contributed by atoms with van der Waals surface area (Å²) in [5.41, 5.74) is 5.60. The third kappa shape index (κ3) is 10.4. The lowest BCUT2D eigenvalue weighted by molar-refractivity contribution is -0.146. The van der Waals surface area contributed by atoms with E-state index < -0.39 is 24.5 Å². The molecule has 0 aliphatic heterocycles. The van der Waals surface area contributed by atoms with Crippen LogP contribution in [-0.2, 0) is 33.8 Å². The van der Waals surface area contributed by atoms with E-state index in [0.717, 1.165) is 58.4 Å². The fraction of sp³-hybridized carbons (Fsp3) is 0.400. The van der Waals surface area contributed by atoms with Crippen LogP contribution in [-0.4, -0.2) is 57.5 Å². The van der Waals surface area contributed by atoms with Gasteiger partial charge in [-0.15, -0.1) is 0 Å². The van der Waals surface area contributed by atoms with E-state index in [1.54, 1.807) is 31.4 Å². The van der Waals surface area contributed by atoms with Crippen LogP contribution in [0, 0.1) is 17.8 Å². The number of nitrogens with one attached hydrogen (secondary N) is 1. The number of hydrogen-bond acceptors (Lipinski definition) is 6. The van der Waals surface area contributed by atoms with E-state index in [0.29, 0.717) is 11.6 Å². The van der Waals surface area contributed by atoms with Crippen molar-refractivity contribution in [2.75, 3.05) is 13.7 Å². The first-order valence-corrected chi connectivity index (χ1v) is 19.4. The Kier molecular flexibility index (Phi) is 13.3. The number of aliphatic carboxylic acids is 1. The molecule has 0 bridgehead atoms. The Hall–Kier alpha value is -5.31. The molecule has 2 N–H and O–H groups in total. The molecule has 1 aromatic heterocycles. The molecule has 0 saturated heterocycles. The zero-order valence-corrected chi connectivity index (χ0v) is 31.5. The molecule has 0 radical (unpaired) electrons. The number of allylic oxidation sites excluding steroid dienone is 2. The van der Waals surface area contributed by atoms with Gasteiger partial charge < -0.3 is 20.1 Å². The van der Waals surface area contributed by atoms with Crippen LogP contribution in [0.15, 0.2) is 97.3 Å². The summed E-state index contributed by atoms with van der Waals surface area (Å²) in [5, 5.41) is 12.7. The number of hydrogen-bond donors (Lipinski definition) is 2. The number of carboxylic acid groups (broad SMARTS) is 1. The highest BCUT2D eigenvalue weighted by atomic mass is 16.5. The van der Waals surface area contributed by atoms with Gasteiger partial charge in [0.2, 0.25) is 11.8 Å². The van der Waals surface area contributed by atoms with Crippen molar-refractivity contribution in [3.8, 4) is 17.1 Å². The van der Waals surface area contributed by atoms with E-state index in [-0.39, 0.29) is 25.3 Å². The SMILES string of the molecule is CC[C@H]1CC[C@H](C2CC=C(c3cnc(-c4ccc(CN(CC(=O)O)C(=O)[C@H](Cc5ccccc5)NC(=O)Cc5ccc(OC)cc5)cc4)nc3)CC2)CC1. The van der Waals surface area contributed by atoms with E-state index in [1.807, 2.05) is 67.0 Å². The summed E-state index contributed by atoms with van der Waals surface area (Å²) in [6.45, 7) is 1.87. The van der Waals surface area contributed by atoms with Crippen molar-refractivity contribution in [2.24, 2.45) is 17.8 Å². The lowest BCUT2D eigenvalue weighted by Crippen LogP contribution is -2.51. The number of benzene rings is 3. The molecule has 6 rings (SSSR count). The van der Waals surface area contributed by atoms with Crippen LogP contribution in [0.2, 0.25) is 0 Å². The van der Waals surface area contributed by atoms with Gasteiger partial charge in [0, 0.05) is 36.5 Å². The summed E-state index contributed by atoms with van der Waals surface area (Å²) in [4.78, 5) is 49.9. The number of carbonyl (C=O) groups is 3. The molecule has 1 saturated carbocycles. The Morgan fingerprint density at radius 3 is 2.13 bits per heavy atom. The smallest absolute Gasteiger partial charge is 0.323 e. The number of carboxylic acids is 1. The second kappa shape index (κ2) is 18.6. The molecule has 1 heterocycles. The molecule has 9 heteroatoms. The highest BCUT2D eigenvalue weighted by molar-refractivity contribution is 5.90. The van der Waals surface area contributed by atoms with Crippen LogP contribution < -0.4 is 10.1 Å². The van der Waals surface area contributed by atoms with Gasteiger partial charge >= 0.3 is 5.97 Å². The van der Waals surface area contributed by atoms with Crippen molar-refractivity contribution in [2.45, 2.75) is 83.7 Å². The topological polar surface area (TPSA) is 122 Å². The first-order valence-electron chi connectivity index (χ1n) is 19.4. The number of ether oxygens (including phenoxy) is 1. The van der Waals surface area contributed by atoms with E-state index in [9.17, 15) is 19.5 Å². The van der Waals surface area contributed by atoms with Gasteiger partial charge in [0.25, 0.3) is 0 Å². The molecule has 0 spiro atoms. The average Bonchev–Trinajstić information content (AvgIpc) is 3.21. The molecule has 282 valence electrons. The first kappa shape index (κ1) is 38.4. The number of methoxy groups -OCH3 is 1. The van der Waals surface area contributed by atoms with Gasteiger partial charge in [-0.1, -0.05) is 99.0 Å². The summed E-state index contributed by atoms with van der Waals surface area (Å²) < 4.78 is 5.21. The second-order valence-electron chi connectivity index (χ2n) is 14.9. The number of nitrogens with zero attached hydrogens (tertiary/aromatic N) is 3. The standard InChI is InChI=1S/C45H52N4O5/c1-3-31-9-15-35(16-10-31)36-19-21-37(22-20-36)39-27-46-44(47-28-39)38-17-11-34(12-18-38)29-49(30-43(51)52)45(53)41(25-32-7-5-4-6-8-32)48-42(50)26-33-13-23-40(54-2)24-14-33/h4-8,11-14,17-18,21,23-24,27-28,31,35-36,41H,3,9-10,15-16,19-20,22,25-26,29-30H2,1-2H3,(H,48,50)(H,51,52)/t31-,35-,36?,41-/m0/s1. The van der Waals surface area contributed by atoms with Crippen LogP contribution in [0.4, 0.5) is 0 Å². The number of rotatable bonds is 15. The minimum atomic E-state index is -1.14. The predicted octanol–water partition coefficient (Wildman–Crippen LogP) is 7.94. The fourth-order valence-electron chi connectivity index (χ4n) is 8.05. The molecule has 2 atom stereocenters. The molecular formula is C45H52N4O5. The summed E-state index contributed by atoms with van der Waals surface area (Å²) in [7, 11) is 1.58. The maximum atomic E-state index is 14.0. The fourth-order valence-corrected chi connectivity index (χ4v) is 8.05. The monoisotopic (exact) mass is 728 g/mol. The van der Waals surface area contributed by atoms with Gasteiger partial charge in [-0.05, 0) is 84.3 Å². The highest BCUT2D eigenvalue weighted by Crippen LogP contribution is 2.41. The number of amides is 2.